The Kier molecular flexibility index (Phi) is 5.79. The molecular formula is C24H18O4S2. The third-order valence-electron chi connectivity index (χ3n) is 4.39. The molecule has 0 bridgehead atoms. The van der Waals surface area contributed by atoms with Crippen LogP contribution in [0.25, 0.3) is 11.1 Å². The summed E-state index contributed by atoms with van der Waals surface area (Å²) in [5, 5.41) is 42.0. The SMILES string of the molecule is Oc1cc(-c2cc(O)c(Sc3ccccc3)cc2O)c(O)cc1Sc1ccccc1. The number of benzene rings is 4. The van der Waals surface area contributed by atoms with Crippen LogP contribution in [0.2, 0.25) is 0 Å². The van der Waals surface area contributed by atoms with Crippen LogP contribution in [0.5, 0.6) is 23.0 Å². The van der Waals surface area contributed by atoms with Gasteiger partial charge in [-0.15, -0.1) is 0 Å². The van der Waals surface area contributed by atoms with E-state index in [0.717, 1.165) is 9.79 Å². The highest BCUT2D eigenvalue weighted by Gasteiger charge is 2.17. The molecule has 30 heavy (non-hydrogen) atoms. The first-order valence-electron chi connectivity index (χ1n) is 9.09. The number of aromatic hydroxyl groups is 4. The summed E-state index contributed by atoms with van der Waals surface area (Å²) in [4.78, 5) is 2.82. The third-order valence-corrected chi connectivity index (χ3v) is 6.50. The van der Waals surface area contributed by atoms with E-state index in [0.29, 0.717) is 9.79 Å². The zero-order chi connectivity index (χ0) is 21.1. The quantitative estimate of drug-likeness (QED) is 0.269. The summed E-state index contributed by atoms with van der Waals surface area (Å²) >= 11 is 2.64. The Hall–Kier alpha value is -3.22. The first-order valence-corrected chi connectivity index (χ1v) is 10.7. The van der Waals surface area contributed by atoms with Gasteiger partial charge in [0.15, 0.2) is 0 Å². The molecule has 150 valence electrons. The Morgan fingerprint density at radius 1 is 0.433 bits per heavy atom. The second-order valence-corrected chi connectivity index (χ2v) is 8.74. The van der Waals surface area contributed by atoms with Crippen LogP contribution in [-0.4, -0.2) is 20.4 Å². The minimum atomic E-state index is -0.107. The lowest BCUT2D eigenvalue weighted by molar-refractivity contribution is 0.444. The van der Waals surface area contributed by atoms with E-state index in [9.17, 15) is 20.4 Å². The zero-order valence-corrected chi connectivity index (χ0v) is 17.3. The lowest BCUT2D eigenvalue weighted by Crippen LogP contribution is -1.85. The van der Waals surface area contributed by atoms with E-state index in [-0.39, 0.29) is 34.1 Å². The maximum Gasteiger partial charge on any atom is 0.130 e. The fourth-order valence-corrected chi connectivity index (χ4v) is 4.70. The molecule has 0 aliphatic carbocycles. The molecule has 0 fully saturated rings. The van der Waals surface area contributed by atoms with Crippen molar-refractivity contribution >= 4 is 23.5 Å². The number of hydrogen-bond donors (Lipinski definition) is 4. The molecule has 6 heteroatoms. The minimum Gasteiger partial charge on any atom is -0.507 e. The standard InChI is InChI=1S/C24H18O4S2/c25-19-13-23(29-15-7-3-1-4-8-15)21(27)11-17(19)18-12-22(28)24(14-20(18)26)30-16-9-5-2-6-10-16/h1-14,25-28H. The van der Waals surface area contributed by atoms with E-state index in [2.05, 4.69) is 0 Å². The number of phenolic OH excluding ortho intramolecular Hbond substituents is 4. The Balaban J connectivity index is 1.66. The van der Waals surface area contributed by atoms with Crippen molar-refractivity contribution in [1.82, 2.24) is 0 Å². The molecule has 0 spiro atoms. The summed E-state index contributed by atoms with van der Waals surface area (Å²) in [6, 6.07) is 24.7. The predicted molar refractivity (Wildman–Crippen MR) is 120 cm³/mol. The van der Waals surface area contributed by atoms with Crippen molar-refractivity contribution in [3.05, 3.63) is 84.9 Å². The lowest BCUT2D eigenvalue weighted by Gasteiger charge is -2.13. The Labute approximate surface area is 182 Å². The van der Waals surface area contributed by atoms with Crippen molar-refractivity contribution in [2.24, 2.45) is 0 Å². The van der Waals surface area contributed by atoms with Crippen molar-refractivity contribution in [3.8, 4) is 34.1 Å². The van der Waals surface area contributed by atoms with E-state index >= 15 is 0 Å². The van der Waals surface area contributed by atoms with Gasteiger partial charge in [0, 0.05) is 20.9 Å². The maximum atomic E-state index is 10.5. The van der Waals surface area contributed by atoms with Crippen molar-refractivity contribution in [2.45, 2.75) is 19.6 Å². The second-order valence-electron chi connectivity index (χ2n) is 6.50. The molecular weight excluding hydrogens is 416 g/mol. The van der Waals surface area contributed by atoms with E-state index in [1.807, 2.05) is 60.7 Å². The van der Waals surface area contributed by atoms with Crippen LogP contribution in [-0.2, 0) is 0 Å². The van der Waals surface area contributed by atoms with Gasteiger partial charge in [-0.05, 0) is 48.5 Å². The molecule has 0 aromatic heterocycles. The Bertz CT molecular complexity index is 1080. The zero-order valence-electron chi connectivity index (χ0n) is 15.7. The number of phenols is 4. The molecule has 0 unspecified atom stereocenters. The van der Waals surface area contributed by atoms with Crippen LogP contribution >= 0.6 is 23.5 Å². The number of hydrogen-bond acceptors (Lipinski definition) is 6. The number of rotatable bonds is 5. The van der Waals surface area contributed by atoms with Crippen molar-refractivity contribution in [2.75, 3.05) is 0 Å². The highest BCUT2D eigenvalue weighted by atomic mass is 32.2. The van der Waals surface area contributed by atoms with Gasteiger partial charge in [0.05, 0.1) is 9.79 Å². The van der Waals surface area contributed by atoms with Crippen LogP contribution in [0.3, 0.4) is 0 Å². The largest absolute Gasteiger partial charge is 0.507 e. The van der Waals surface area contributed by atoms with Crippen LogP contribution in [0.1, 0.15) is 0 Å². The lowest BCUT2D eigenvalue weighted by atomic mass is 10.0. The van der Waals surface area contributed by atoms with Gasteiger partial charge >= 0.3 is 0 Å². The van der Waals surface area contributed by atoms with E-state index in [1.54, 1.807) is 0 Å². The fourth-order valence-electron chi connectivity index (χ4n) is 2.94. The first kappa shape index (κ1) is 20.1. The van der Waals surface area contributed by atoms with Gasteiger partial charge < -0.3 is 20.4 Å². The molecule has 4 N–H and O–H groups in total. The molecule has 0 aliphatic heterocycles. The van der Waals surface area contributed by atoms with Crippen molar-refractivity contribution in [3.63, 3.8) is 0 Å². The molecule has 0 heterocycles. The average Bonchev–Trinajstić information content (AvgIpc) is 2.74. The Morgan fingerprint density at radius 2 is 0.800 bits per heavy atom. The molecule has 4 aromatic rings. The summed E-state index contributed by atoms with van der Waals surface area (Å²) in [5.74, 6) is -0.273. The second kappa shape index (κ2) is 8.65. The van der Waals surface area contributed by atoms with Gasteiger partial charge in [-0.3, -0.25) is 0 Å². The van der Waals surface area contributed by atoms with Gasteiger partial charge in [0.1, 0.15) is 23.0 Å². The van der Waals surface area contributed by atoms with Crippen LogP contribution in [0.4, 0.5) is 0 Å². The molecule has 4 nitrogen and oxygen atoms in total. The highest BCUT2D eigenvalue weighted by molar-refractivity contribution is 7.99. The van der Waals surface area contributed by atoms with Gasteiger partial charge in [0.2, 0.25) is 0 Å². The van der Waals surface area contributed by atoms with Crippen LogP contribution in [0, 0.1) is 0 Å². The predicted octanol–water partition coefficient (Wildman–Crippen LogP) is 6.48. The molecule has 0 radical (unpaired) electrons. The summed E-state index contributed by atoms with van der Waals surface area (Å²) in [6.45, 7) is 0. The topological polar surface area (TPSA) is 80.9 Å². The van der Waals surface area contributed by atoms with Gasteiger partial charge in [-0.1, -0.05) is 59.9 Å². The van der Waals surface area contributed by atoms with E-state index in [4.69, 9.17) is 0 Å². The van der Waals surface area contributed by atoms with Crippen LogP contribution < -0.4 is 0 Å². The van der Waals surface area contributed by atoms with Crippen molar-refractivity contribution in [1.29, 1.82) is 0 Å². The van der Waals surface area contributed by atoms with E-state index in [1.165, 1.54) is 47.8 Å². The van der Waals surface area contributed by atoms with Gasteiger partial charge in [0.25, 0.3) is 0 Å². The molecule has 0 saturated carbocycles. The van der Waals surface area contributed by atoms with E-state index < -0.39 is 0 Å². The smallest absolute Gasteiger partial charge is 0.130 e. The fraction of sp³-hybridized carbons (Fsp3) is 0. The van der Waals surface area contributed by atoms with Gasteiger partial charge in [-0.2, -0.15) is 0 Å². The average molecular weight is 435 g/mol. The highest BCUT2D eigenvalue weighted by Crippen LogP contribution is 2.47. The summed E-state index contributed by atoms with van der Waals surface area (Å²) in [7, 11) is 0. The summed E-state index contributed by atoms with van der Waals surface area (Å²) in [5.41, 5.74) is 0.461. The minimum absolute atomic E-state index is 0.0294. The molecule has 0 saturated heterocycles. The maximum absolute atomic E-state index is 10.5. The van der Waals surface area contributed by atoms with Crippen LogP contribution in [0.15, 0.2) is 105 Å². The van der Waals surface area contributed by atoms with Gasteiger partial charge in [-0.25, -0.2) is 0 Å². The molecule has 0 atom stereocenters. The summed E-state index contributed by atoms with van der Waals surface area (Å²) in [6.07, 6.45) is 0. The molecule has 4 rings (SSSR count). The van der Waals surface area contributed by atoms with Crippen molar-refractivity contribution < 1.29 is 20.4 Å². The molecule has 0 aliphatic rings. The monoisotopic (exact) mass is 434 g/mol. The molecule has 4 aromatic carbocycles. The Morgan fingerprint density at radius 3 is 1.17 bits per heavy atom. The summed E-state index contributed by atoms with van der Waals surface area (Å²) < 4.78 is 0. The third kappa shape index (κ3) is 4.35. The first-order chi connectivity index (χ1) is 14.5. The normalized spacial score (nSPS) is 10.8. The molecule has 0 amide bonds.